The standard InChI is InChI=1S/C19H22N2O3/c22-19(23)21-11-5-9-17(13-21)20-16-8-4-10-18(12-16)24-14-15-6-2-1-3-7-15/h1-4,6-8,10,12,17,20H,5,9,11,13-14H2,(H,22,23)/t17-/m1/s1. The third-order valence-corrected chi connectivity index (χ3v) is 4.15. The van der Waals surface area contributed by atoms with Gasteiger partial charge >= 0.3 is 6.09 Å². The van der Waals surface area contributed by atoms with Crippen LogP contribution in [0.25, 0.3) is 0 Å². The first kappa shape index (κ1) is 16.2. The second-order valence-corrected chi connectivity index (χ2v) is 6.01. The van der Waals surface area contributed by atoms with Crippen molar-refractivity contribution in [3.05, 3.63) is 60.2 Å². The van der Waals surface area contributed by atoms with Crippen LogP contribution in [0.2, 0.25) is 0 Å². The Morgan fingerprint density at radius 2 is 2.04 bits per heavy atom. The number of nitrogens with zero attached hydrogens (tertiary/aromatic N) is 1. The van der Waals surface area contributed by atoms with Gasteiger partial charge in [-0.05, 0) is 30.5 Å². The molecule has 1 atom stereocenters. The predicted octanol–water partition coefficient (Wildman–Crippen LogP) is 3.82. The molecular formula is C19H22N2O3. The van der Waals surface area contributed by atoms with Crippen LogP contribution in [0.5, 0.6) is 5.75 Å². The Balaban J connectivity index is 1.58. The molecule has 0 bridgehead atoms. The van der Waals surface area contributed by atoms with Gasteiger partial charge in [-0.15, -0.1) is 0 Å². The fourth-order valence-electron chi connectivity index (χ4n) is 2.92. The van der Waals surface area contributed by atoms with Gasteiger partial charge in [-0.3, -0.25) is 0 Å². The maximum Gasteiger partial charge on any atom is 0.407 e. The Kier molecular flexibility index (Phi) is 5.21. The van der Waals surface area contributed by atoms with E-state index < -0.39 is 6.09 Å². The fraction of sp³-hybridized carbons (Fsp3) is 0.316. The Labute approximate surface area is 141 Å². The molecule has 2 aromatic rings. The number of anilines is 1. The third-order valence-electron chi connectivity index (χ3n) is 4.15. The number of carbonyl (C=O) groups is 1. The molecule has 0 unspecified atom stereocenters. The number of benzene rings is 2. The molecule has 3 rings (SSSR count). The molecule has 126 valence electrons. The summed E-state index contributed by atoms with van der Waals surface area (Å²) in [7, 11) is 0. The van der Waals surface area contributed by atoms with E-state index in [1.807, 2.05) is 54.6 Å². The minimum Gasteiger partial charge on any atom is -0.489 e. The molecule has 2 aromatic carbocycles. The summed E-state index contributed by atoms with van der Waals surface area (Å²) in [5.41, 5.74) is 2.08. The van der Waals surface area contributed by atoms with E-state index in [0.717, 1.165) is 29.8 Å². The lowest BCUT2D eigenvalue weighted by atomic mass is 10.1. The van der Waals surface area contributed by atoms with E-state index in [1.165, 1.54) is 4.90 Å². The number of carboxylic acid groups (broad SMARTS) is 1. The highest BCUT2D eigenvalue weighted by Crippen LogP contribution is 2.21. The van der Waals surface area contributed by atoms with Crippen LogP contribution in [-0.2, 0) is 6.61 Å². The van der Waals surface area contributed by atoms with E-state index in [4.69, 9.17) is 9.84 Å². The van der Waals surface area contributed by atoms with E-state index in [0.29, 0.717) is 19.7 Å². The Hall–Kier alpha value is -2.69. The van der Waals surface area contributed by atoms with Crippen molar-refractivity contribution in [3.63, 3.8) is 0 Å². The molecule has 2 N–H and O–H groups in total. The quantitative estimate of drug-likeness (QED) is 0.877. The number of piperidine rings is 1. The molecule has 5 heteroatoms. The van der Waals surface area contributed by atoms with Gasteiger partial charge in [0, 0.05) is 30.9 Å². The molecule has 24 heavy (non-hydrogen) atoms. The summed E-state index contributed by atoms with van der Waals surface area (Å²) in [6, 6.07) is 18.0. The molecule has 0 aliphatic carbocycles. The maximum absolute atomic E-state index is 11.1. The van der Waals surface area contributed by atoms with Crippen LogP contribution in [0, 0.1) is 0 Å². The van der Waals surface area contributed by atoms with Crippen LogP contribution in [0.3, 0.4) is 0 Å². The lowest BCUT2D eigenvalue weighted by molar-refractivity contribution is 0.133. The average Bonchev–Trinajstić information content (AvgIpc) is 2.61. The van der Waals surface area contributed by atoms with Crippen LogP contribution < -0.4 is 10.1 Å². The maximum atomic E-state index is 11.1. The van der Waals surface area contributed by atoms with Crippen molar-refractivity contribution in [2.24, 2.45) is 0 Å². The molecule has 1 heterocycles. The Morgan fingerprint density at radius 1 is 1.21 bits per heavy atom. The number of likely N-dealkylation sites (tertiary alicyclic amines) is 1. The van der Waals surface area contributed by atoms with Gasteiger partial charge in [-0.1, -0.05) is 36.4 Å². The summed E-state index contributed by atoms with van der Waals surface area (Å²) < 4.78 is 5.84. The number of ether oxygens (including phenoxy) is 1. The van der Waals surface area contributed by atoms with E-state index in [-0.39, 0.29) is 6.04 Å². The number of hydrogen-bond donors (Lipinski definition) is 2. The van der Waals surface area contributed by atoms with Gasteiger partial charge < -0.3 is 20.1 Å². The van der Waals surface area contributed by atoms with E-state index in [2.05, 4.69) is 5.32 Å². The SMILES string of the molecule is O=C(O)N1CCC[C@@H](Nc2cccc(OCc3ccccc3)c2)C1. The molecular weight excluding hydrogens is 304 g/mol. The van der Waals surface area contributed by atoms with Crippen LogP contribution in [-0.4, -0.2) is 35.2 Å². The van der Waals surface area contributed by atoms with Gasteiger partial charge in [0.25, 0.3) is 0 Å². The van der Waals surface area contributed by atoms with Gasteiger partial charge in [0.1, 0.15) is 12.4 Å². The first-order chi connectivity index (χ1) is 11.7. The second-order valence-electron chi connectivity index (χ2n) is 6.01. The zero-order chi connectivity index (χ0) is 16.8. The fourth-order valence-corrected chi connectivity index (χ4v) is 2.92. The topological polar surface area (TPSA) is 61.8 Å². The molecule has 1 fully saturated rings. The zero-order valence-corrected chi connectivity index (χ0v) is 13.5. The van der Waals surface area contributed by atoms with Crippen molar-refractivity contribution in [3.8, 4) is 5.75 Å². The first-order valence-corrected chi connectivity index (χ1v) is 8.22. The van der Waals surface area contributed by atoms with Crippen molar-refractivity contribution >= 4 is 11.8 Å². The van der Waals surface area contributed by atoms with Gasteiger partial charge in [-0.2, -0.15) is 0 Å². The molecule has 0 saturated carbocycles. The largest absolute Gasteiger partial charge is 0.489 e. The predicted molar refractivity (Wildman–Crippen MR) is 93.5 cm³/mol. The van der Waals surface area contributed by atoms with Crippen LogP contribution in [0.15, 0.2) is 54.6 Å². The van der Waals surface area contributed by atoms with Crippen molar-refractivity contribution in [2.45, 2.75) is 25.5 Å². The lowest BCUT2D eigenvalue weighted by Crippen LogP contribution is -2.44. The van der Waals surface area contributed by atoms with Crippen molar-refractivity contribution in [1.29, 1.82) is 0 Å². The smallest absolute Gasteiger partial charge is 0.407 e. The van der Waals surface area contributed by atoms with E-state index in [1.54, 1.807) is 0 Å². The summed E-state index contributed by atoms with van der Waals surface area (Å²) in [6.07, 6.45) is 1.01. The first-order valence-electron chi connectivity index (χ1n) is 8.22. The normalized spacial score (nSPS) is 17.3. The van der Waals surface area contributed by atoms with Crippen LogP contribution in [0.4, 0.5) is 10.5 Å². The molecule has 0 radical (unpaired) electrons. The molecule has 1 amide bonds. The average molecular weight is 326 g/mol. The molecule has 1 aliphatic rings. The second kappa shape index (κ2) is 7.73. The molecule has 0 spiro atoms. The minimum atomic E-state index is -0.846. The van der Waals surface area contributed by atoms with Gasteiger partial charge in [0.15, 0.2) is 0 Å². The zero-order valence-electron chi connectivity index (χ0n) is 13.5. The van der Waals surface area contributed by atoms with Crippen molar-refractivity contribution in [2.75, 3.05) is 18.4 Å². The summed E-state index contributed by atoms with van der Waals surface area (Å²) >= 11 is 0. The number of amides is 1. The van der Waals surface area contributed by atoms with Crippen molar-refractivity contribution < 1.29 is 14.6 Å². The number of hydrogen-bond acceptors (Lipinski definition) is 3. The summed E-state index contributed by atoms with van der Waals surface area (Å²) in [6.45, 7) is 1.67. The molecule has 1 aliphatic heterocycles. The minimum absolute atomic E-state index is 0.138. The highest BCUT2D eigenvalue weighted by Gasteiger charge is 2.22. The highest BCUT2D eigenvalue weighted by atomic mass is 16.5. The number of rotatable bonds is 5. The van der Waals surface area contributed by atoms with Gasteiger partial charge in [0.05, 0.1) is 0 Å². The summed E-state index contributed by atoms with van der Waals surface area (Å²) in [5.74, 6) is 0.801. The van der Waals surface area contributed by atoms with Crippen LogP contribution in [0.1, 0.15) is 18.4 Å². The summed E-state index contributed by atoms with van der Waals surface area (Å²) in [5, 5.41) is 12.5. The Morgan fingerprint density at radius 3 is 2.83 bits per heavy atom. The lowest BCUT2D eigenvalue weighted by Gasteiger charge is -2.31. The van der Waals surface area contributed by atoms with E-state index >= 15 is 0 Å². The van der Waals surface area contributed by atoms with Crippen molar-refractivity contribution in [1.82, 2.24) is 4.90 Å². The van der Waals surface area contributed by atoms with Gasteiger partial charge in [0.2, 0.25) is 0 Å². The number of nitrogens with one attached hydrogen (secondary N) is 1. The van der Waals surface area contributed by atoms with E-state index in [9.17, 15) is 4.79 Å². The monoisotopic (exact) mass is 326 g/mol. The highest BCUT2D eigenvalue weighted by molar-refractivity contribution is 5.65. The molecule has 1 saturated heterocycles. The third kappa shape index (κ3) is 4.41. The molecule has 0 aromatic heterocycles. The Bertz CT molecular complexity index is 675. The van der Waals surface area contributed by atoms with Crippen LogP contribution >= 0.6 is 0 Å². The van der Waals surface area contributed by atoms with Gasteiger partial charge in [-0.25, -0.2) is 4.79 Å². The summed E-state index contributed by atoms with van der Waals surface area (Å²) in [4.78, 5) is 12.6. The molecule has 5 nitrogen and oxygen atoms in total.